The summed E-state index contributed by atoms with van der Waals surface area (Å²) in [6, 6.07) is 0.417. The van der Waals surface area contributed by atoms with E-state index < -0.39 is 5.60 Å². The number of halogens is 1. The van der Waals surface area contributed by atoms with E-state index in [1.165, 1.54) is 0 Å². The van der Waals surface area contributed by atoms with Gasteiger partial charge in [0.15, 0.2) is 5.96 Å². The third kappa shape index (κ3) is 9.25. The van der Waals surface area contributed by atoms with Crippen molar-refractivity contribution < 1.29 is 14.6 Å². The first-order valence-corrected chi connectivity index (χ1v) is 11.3. The van der Waals surface area contributed by atoms with Crippen LogP contribution in [0.5, 0.6) is 0 Å². The van der Waals surface area contributed by atoms with Crippen molar-refractivity contribution in [1.29, 1.82) is 0 Å². The summed E-state index contributed by atoms with van der Waals surface area (Å²) in [7, 11) is 0. The van der Waals surface area contributed by atoms with Crippen LogP contribution in [0.15, 0.2) is 4.99 Å². The van der Waals surface area contributed by atoms with Gasteiger partial charge < -0.3 is 25.2 Å². The Balaban J connectivity index is 0.00000420. The monoisotopic (exact) mass is 526 g/mol. The molecule has 0 aromatic rings. The highest BCUT2D eigenvalue weighted by molar-refractivity contribution is 14.0. The summed E-state index contributed by atoms with van der Waals surface area (Å²) < 4.78 is 11.2. The maximum Gasteiger partial charge on any atom is 0.191 e. The normalized spacial score (nSPS) is 22.2. The lowest BCUT2D eigenvalue weighted by atomic mass is 9.93. The van der Waals surface area contributed by atoms with E-state index in [-0.39, 0.29) is 24.0 Å². The van der Waals surface area contributed by atoms with Gasteiger partial charge in [0.2, 0.25) is 0 Å². The van der Waals surface area contributed by atoms with E-state index in [9.17, 15) is 5.11 Å². The van der Waals surface area contributed by atoms with Crippen molar-refractivity contribution in [2.75, 3.05) is 59.2 Å². The van der Waals surface area contributed by atoms with E-state index in [0.29, 0.717) is 18.5 Å². The summed E-state index contributed by atoms with van der Waals surface area (Å²) in [6.07, 6.45) is 4.64. The predicted molar refractivity (Wildman–Crippen MR) is 129 cm³/mol. The van der Waals surface area contributed by atoms with Gasteiger partial charge in [-0.1, -0.05) is 26.7 Å². The number of rotatable bonds is 11. The van der Waals surface area contributed by atoms with E-state index in [1.54, 1.807) is 0 Å². The highest BCUT2D eigenvalue weighted by Crippen LogP contribution is 2.22. The van der Waals surface area contributed by atoms with E-state index in [1.807, 2.05) is 0 Å². The van der Waals surface area contributed by atoms with Gasteiger partial charge in [-0.05, 0) is 26.2 Å². The molecule has 7 nitrogen and oxygen atoms in total. The minimum Gasteiger partial charge on any atom is -0.388 e. The fourth-order valence-electron chi connectivity index (χ4n) is 4.34. The molecule has 172 valence electrons. The maximum absolute atomic E-state index is 10.9. The summed E-state index contributed by atoms with van der Waals surface area (Å²) >= 11 is 0. The zero-order chi connectivity index (χ0) is 20.2. The molecular formula is C21H43IN4O3. The number of nitrogens with one attached hydrogen (secondary N) is 2. The van der Waals surface area contributed by atoms with Gasteiger partial charge in [-0.25, -0.2) is 0 Å². The van der Waals surface area contributed by atoms with Crippen molar-refractivity contribution >= 4 is 29.9 Å². The molecule has 0 aromatic carbocycles. The van der Waals surface area contributed by atoms with Gasteiger partial charge in [0.1, 0.15) is 0 Å². The van der Waals surface area contributed by atoms with Gasteiger partial charge in [0.25, 0.3) is 0 Å². The molecule has 8 heteroatoms. The van der Waals surface area contributed by atoms with Crippen molar-refractivity contribution in [2.24, 2.45) is 10.9 Å². The number of aliphatic hydroxyl groups is 1. The van der Waals surface area contributed by atoms with Crippen molar-refractivity contribution in [3.63, 3.8) is 0 Å². The molecule has 2 atom stereocenters. The molecule has 2 unspecified atom stereocenters. The summed E-state index contributed by atoms with van der Waals surface area (Å²) in [4.78, 5) is 7.27. The van der Waals surface area contributed by atoms with Crippen LogP contribution in [0.25, 0.3) is 0 Å². The fourth-order valence-corrected chi connectivity index (χ4v) is 4.34. The van der Waals surface area contributed by atoms with Crippen molar-refractivity contribution in [3.05, 3.63) is 0 Å². The fraction of sp³-hybridized carbons (Fsp3) is 0.952. The largest absolute Gasteiger partial charge is 0.388 e. The van der Waals surface area contributed by atoms with Crippen LogP contribution in [0.1, 0.15) is 52.9 Å². The highest BCUT2D eigenvalue weighted by Gasteiger charge is 2.31. The molecule has 3 N–H and O–H groups in total. The molecule has 2 fully saturated rings. The number of morpholine rings is 1. The lowest BCUT2D eigenvalue weighted by Gasteiger charge is -2.37. The van der Waals surface area contributed by atoms with Gasteiger partial charge in [-0.2, -0.15) is 0 Å². The minimum absolute atomic E-state index is 0. The van der Waals surface area contributed by atoms with Crippen LogP contribution < -0.4 is 10.6 Å². The van der Waals surface area contributed by atoms with Crippen LogP contribution in [0, 0.1) is 5.92 Å². The molecule has 2 aliphatic heterocycles. The Bertz CT molecular complexity index is 449. The second-order valence-corrected chi connectivity index (χ2v) is 8.14. The molecule has 0 spiro atoms. The third-order valence-electron chi connectivity index (χ3n) is 5.81. The van der Waals surface area contributed by atoms with E-state index in [0.717, 1.165) is 90.7 Å². The topological polar surface area (TPSA) is 78.4 Å². The smallest absolute Gasteiger partial charge is 0.191 e. The number of nitrogens with zero attached hydrogens (tertiary/aromatic N) is 2. The van der Waals surface area contributed by atoms with Crippen molar-refractivity contribution in [1.82, 2.24) is 15.5 Å². The average molecular weight is 527 g/mol. The van der Waals surface area contributed by atoms with Crippen LogP contribution in [-0.4, -0.2) is 86.8 Å². The van der Waals surface area contributed by atoms with Gasteiger partial charge in [0.05, 0.1) is 32.0 Å². The summed E-state index contributed by atoms with van der Waals surface area (Å²) in [5.74, 6) is 1.34. The molecule has 0 aliphatic carbocycles. The first kappa shape index (κ1) is 26.9. The molecule has 2 rings (SSSR count). The third-order valence-corrected chi connectivity index (χ3v) is 5.81. The van der Waals surface area contributed by atoms with Crippen molar-refractivity contribution in [2.45, 2.75) is 64.5 Å². The zero-order valence-corrected chi connectivity index (χ0v) is 21.0. The molecule has 2 saturated heterocycles. The SMILES string of the molecule is CCCC(O)(CCC)CN=C(NCC)NCC(C1CCOC1)N1CCOCC1.I. The molecule has 2 heterocycles. The molecule has 0 saturated carbocycles. The van der Waals surface area contributed by atoms with Crippen LogP contribution >= 0.6 is 24.0 Å². The molecule has 2 aliphatic rings. The van der Waals surface area contributed by atoms with Crippen LogP contribution in [-0.2, 0) is 9.47 Å². The van der Waals surface area contributed by atoms with Gasteiger partial charge in [0, 0.05) is 44.7 Å². The number of hydrogen-bond acceptors (Lipinski definition) is 5. The predicted octanol–water partition coefficient (Wildman–Crippen LogP) is 2.23. The van der Waals surface area contributed by atoms with E-state index in [4.69, 9.17) is 14.5 Å². The quantitative estimate of drug-likeness (QED) is 0.218. The Morgan fingerprint density at radius 3 is 2.34 bits per heavy atom. The summed E-state index contributed by atoms with van der Waals surface area (Å²) in [5, 5.41) is 17.8. The molecule has 0 aromatic heterocycles. The molecule has 29 heavy (non-hydrogen) atoms. The lowest BCUT2D eigenvalue weighted by Crippen LogP contribution is -2.53. The van der Waals surface area contributed by atoms with Gasteiger partial charge in [-0.3, -0.25) is 9.89 Å². The average Bonchev–Trinajstić information content (AvgIpc) is 3.22. The van der Waals surface area contributed by atoms with Crippen LogP contribution in [0.2, 0.25) is 0 Å². The molecule has 0 bridgehead atoms. The number of guanidine groups is 1. The Morgan fingerprint density at radius 1 is 1.10 bits per heavy atom. The van der Waals surface area contributed by atoms with Crippen LogP contribution in [0.4, 0.5) is 0 Å². The molecule has 0 amide bonds. The van der Waals surface area contributed by atoms with Gasteiger partial charge >= 0.3 is 0 Å². The highest BCUT2D eigenvalue weighted by atomic mass is 127. The Morgan fingerprint density at radius 2 is 1.79 bits per heavy atom. The van der Waals surface area contributed by atoms with E-state index >= 15 is 0 Å². The van der Waals surface area contributed by atoms with E-state index in [2.05, 4.69) is 36.3 Å². The second kappa shape index (κ2) is 14.8. The number of hydrogen-bond donors (Lipinski definition) is 3. The first-order chi connectivity index (χ1) is 13.6. The number of aliphatic imine (C=N–C) groups is 1. The second-order valence-electron chi connectivity index (χ2n) is 8.14. The molecular weight excluding hydrogens is 483 g/mol. The van der Waals surface area contributed by atoms with Crippen LogP contribution in [0.3, 0.4) is 0 Å². The first-order valence-electron chi connectivity index (χ1n) is 11.3. The minimum atomic E-state index is -0.700. The Labute approximate surface area is 194 Å². The van der Waals surface area contributed by atoms with Gasteiger partial charge in [-0.15, -0.1) is 24.0 Å². The zero-order valence-electron chi connectivity index (χ0n) is 18.6. The molecule has 0 radical (unpaired) electrons. The standard InChI is InChI=1S/C21H42N4O3.HI/c1-4-8-21(26,9-5-2)17-24-20(22-6-3)23-15-19(18-7-12-28-16-18)25-10-13-27-14-11-25;/h18-19,26H,4-17H2,1-3H3,(H2,22,23,24);1H. The summed E-state index contributed by atoms with van der Waals surface area (Å²) in [6.45, 7) is 13.6. The Kier molecular flexibility index (Phi) is 13.7. The van der Waals surface area contributed by atoms with Crippen molar-refractivity contribution in [3.8, 4) is 0 Å². The lowest BCUT2D eigenvalue weighted by molar-refractivity contribution is 0.00242. The maximum atomic E-state index is 10.9. The number of ether oxygens (including phenoxy) is 2. The summed E-state index contributed by atoms with van der Waals surface area (Å²) in [5.41, 5.74) is -0.700. The Hall–Kier alpha value is -0.160.